The van der Waals surface area contributed by atoms with E-state index in [2.05, 4.69) is 5.32 Å². The van der Waals surface area contributed by atoms with Gasteiger partial charge < -0.3 is 9.73 Å². The lowest BCUT2D eigenvalue weighted by Gasteiger charge is -2.09. The number of rotatable bonds is 3. The van der Waals surface area contributed by atoms with Gasteiger partial charge in [0.2, 0.25) is 5.88 Å². The summed E-state index contributed by atoms with van der Waals surface area (Å²) in [6.07, 6.45) is 0. The lowest BCUT2D eigenvalue weighted by atomic mass is 10.1. The number of anilines is 2. The van der Waals surface area contributed by atoms with Gasteiger partial charge in [0.25, 0.3) is 0 Å². The highest BCUT2D eigenvalue weighted by Gasteiger charge is 2.15. The van der Waals surface area contributed by atoms with E-state index in [1.54, 1.807) is 13.0 Å². The average molecular weight is 261 g/mol. The van der Waals surface area contributed by atoms with Crippen molar-refractivity contribution in [3.63, 3.8) is 0 Å². The zero-order valence-electron chi connectivity index (χ0n) is 10.5. The van der Waals surface area contributed by atoms with Gasteiger partial charge in [0.05, 0.1) is 0 Å². The average Bonchev–Trinajstić information content (AvgIpc) is 2.26. The van der Waals surface area contributed by atoms with Crippen LogP contribution in [-0.4, -0.2) is 5.78 Å². The first kappa shape index (κ1) is 13.0. The van der Waals surface area contributed by atoms with E-state index in [1.165, 1.54) is 31.2 Å². The Morgan fingerprint density at radius 1 is 1.32 bits per heavy atom. The largest absolute Gasteiger partial charge is 0.445 e. The summed E-state index contributed by atoms with van der Waals surface area (Å²) in [5, 5.41) is 2.75. The predicted molar refractivity (Wildman–Crippen MR) is 69.4 cm³/mol. The second-order valence-electron chi connectivity index (χ2n) is 4.12. The van der Waals surface area contributed by atoms with Crippen molar-refractivity contribution < 1.29 is 13.6 Å². The van der Waals surface area contributed by atoms with Gasteiger partial charge in [0.1, 0.15) is 17.1 Å². The van der Waals surface area contributed by atoms with Crippen LogP contribution in [-0.2, 0) is 0 Å². The Kier molecular flexibility index (Phi) is 3.46. The van der Waals surface area contributed by atoms with E-state index >= 15 is 0 Å². The normalized spacial score (nSPS) is 10.3. The maximum absolute atomic E-state index is 13.1. The molecule has 4 nitrogen and oxygen atoms in total. The van der Waals surface area contributed by atoms with Crippen LogP contribution in [0.25, 0.3) is 0 Å². The molecular formula is C14H12FNO3. The molecule has 1 N–H and O–H groups in total. The van der Waals surface area contributed by atoms with Gasteiger partial charge in [0.15, 0.2) is 11.2 Å². The number of aryl methyl sites for hydroxylation is 1. The van der Waals surface area contributed by atoms with Gasteiger partial charge in [-0.1, -0.05) is 6.07 Å². The van der Waals surface area contributed by atoms with Crippen LogP contribution in [0.5, 0.6) is 0 Å². The van der Waals surface area contributed by atoms with Crippen molar-refractivity contribution in [2.24, 2.45) is 0 Å². The van der Waals surface area contributed by atoms with Gasteiger partial charge in [-0.05, 0) is 32.0 Å². The Bertz CT molecular complexity index is 691. The predicted octanol–water partition coefficient (Wildman–Crippen LogP) is 3.03. The monoisotopic (exact) mass is 261 g/mol. The molecule has 0 atom stereocenters. The van der Waals surface area contributed by atoms with Gasteiger partial charge >= 0.3 is 0 Å². The lowest BCUT2D eigenvalue weighted by Crippen LogP contribution is -2.15. The van der Waals surface area contributed by atoms with Crippen molar-refractivity contribution in [2.45, 2.75) is 13.8 Å². The van der Waals surface area contributed by atoms with Crippen LogP contribution in [0.4, 0.5) is 16.0 Å². The van der Waals surface area contributed by atoms with Crippen LogP contribution >= 0.6 is 0 Å². The minimum atomic E-state index is -0.427. The maximum atomic E-state index is 13.1. The number of hydrogen-bond donors (Lipinski definition) is 1. The number of Topliss-reactive ketones (excluding diaryl/α,β-unsaturated/α-hetero) is 1. The molecule has 19 heavy (non-hydrogen) atoms. The molecule has 0 radical (unpaired) electrons. The molecule has 0 aliphatic rings. The quantitative estimate of drug-likeness (QED) is 0.863. The third-order valence-corrected chi connectivity index (χ3v) is 2.51. The van der Waals surface area contributed by atoms with E-state index in [0.29, 0.717) is 11.4 Å². The summed E-state index contributed by atoms with van der Waals surface area (Å²) in [6, 6.07) is 6.90. The molecule has 0 fully saturated rings. The molecule has 0 spiro atoms. The lowest BCUT2D eigenvalue weighted by molar-refractivity contribution is 0.101. The van der Waals surface area contributed by atoms with Gasteiger partial charge in [-0.3, -0.25) is 9.59 Å². The van der Waals surface area contributed by atoms with Crippen LogP contribution in [0.1, 0.15) is 23.0 Å². The molecule has 0 saturated heterocycles. The topological polar surface area (TPSA) is 59.3 Å². The summed E-state index contributed by atoms with van der Waals surface area (Å²) in [5.41, 5.74) is -0.0961. The molecular weight excluding hydrogens is 249 g/mol. The zero-order chi connectivity index (χ0) is 14.0. The number of carbonyl (C=O) groups excluding carboxylic acids is 1. The summed E-state index contributed by atoms with van der Waals surface area (Å²) in [6.45, 7) is 2.88. The molecule has 0 aliphatic heterocycles. The Balaban J connectivity index is 2.50. The van der Waals surface area contributed by atoms with Gasteiger partial charge in [-0.25, -0.2) is 4.39 Å². The highest BCUT2D eigenvalue weighted by molar-refractivity contribution is 5.98. The van der Waals surface area contributed by atoms with Gasteiger partial charge in [0, 0.05) is 11.8 Å². The van der Waals surface area contributed by atoms with Crippen molar-refractivity contribution in [2.75, 3.05) is 5.32 Å². The molecule has 0 bridgehead atoms. The number of hydrogen-bond acceptors (Lipinski definition) is 4. The fourth-order valence-corrected chi connectivity index (χ4v) is 1.73. The van der Waals surface area contributed by atoms with Gasteiger partial charge in [-0.15, -0.1) is 0 Å². The molecule has 98 valence electrons. The van der Waals surface area contributed by atoms with Crippen molar-refractivity contribution in [1.82, 2.24) is 0 Å². The van der Waals surface area contributed by atoms with Crippen molar-refractivity contribution in [3.8, 4) is 0 Å². The highest BCUT2D eigenvalue weighted by Crippen LogP contribution is 2.21. The third-order valence-electron chi connectivity index (χ3n) is 2.51. The standard InChI is InChI=1S/C14H12FNO3/c1-8-6-12(18)13(9(2)17)14(19-8)16-11-5-3-4-10(15)7-11/h3-7,16H,1-2H3. The first-order valence-corrected chi connectivity index (χ1v) is 5.65. The Hall–Kier alpha value is -2.43. The minimum absolute atomic E-state index is 0.0306. The minimum Gasteiger partial charge on any atom is -0.445 e. The molecule has 0 unspecified atom stereocenters. The van der Waals surface area contributed by atoms with E-state index in [9.17, 15) is 14.0 Å². The molecule has 1 aromatic carbocycles. The van der Waals surface area contributed by atoms with Crippen LogP contribution in [0.15, 0.2) is 39.5 Å². The van der Waals surface area contributed by atoms with Crippen molar-refractivity contribution >= 4 is 17.4 Å². The first-order chi connectivity index (χ1) is 8.97. The van der Waals surface area contributed by atoms with Crippen molar-refractivity contribution in [1.29, 1.82) is 0 Å². The number of nitrogens with one attached hydrogen (secondary N) is 1. The second-order valence-corrected chi connectivity index (χ2v) is 4.12. The summed E-state index contributed by atoms with van der Waals surface area (Å²) in [5.74, 6) is -0.436. The Morgan fingerprint density at radius 3 is 2.68 bits per heavy atom. The van der Waals surface area contributed by atoms with E-state index in [0.717, 1.165) is 0 Å². The Labute approximate surface area is 108 Å². The van der Waals surface area contributed by atoms with Crippen molar-refractivity contribution in [3.05, 3.63) is 57.7 Å². The smallest absolute Gasteiger partial charge is 0.212 e. The van der Waals surface area contributed by atoms with Gasteiger partial charge in [-0.2, -0.15) is 0 Å². The summed E-state index contributed by atoms with van der Waals surface area (Å²) < 4.78 is 18.4. The van der Waals surface area contributed by atoms with E-state index in [1.807, 2.05) is 0 Å². The fraction of sp³-hybridized carbons (Fsp3) is 0.143. The molecule has 0 aliphatic carbocycles. The number of halogens is 1. The van der Waals surface area contributed by atoms with Crippen LogP contribution in [0.3, 0.4) is 0 Å². The maximum Gasteiger partial charge on any atom is 0.212 e. The SMILES string of the molecule is CC(=O)c1c(Nc2cccc(F)c2)oc(C)cc1=O. The van der Waals surface area contributed by atoms with E-state index in [-0.39, 0.29) is 11.4 Å². The van der Waals surface area contributed by atoms with Crippen LogP contribution in [0, 0.1) is 12.7 Å². The summed E-state index contributed by atoms with van der Waals surface area (Å²) >= 11 is 0. The molecule has 2 aromatic rings. The molecule has 1 aromatic heterocycles. The molecule has 5 heteroatoms. The fourth-order valence-electron chi connectivity index (χ4n) is 1.73. The number of benzene rings is 1. The second kappa shape index (κ2) is 5.06. The molecule has 2 rings (SSSR count). The summed E-state index contributed by atoms with van der Waals surface area (Å²) in [7, 11) is 0. The first-order valence-electron chi connectivity index (χ1n) is 5.65. The summed E-state index contributed by atoms with van der Waals surface area (Å²) in [4.78, 5) is 23.2. The number of carbonyl (C=O) groups is 1. The number of ketones is 1. The zero-order valence-corrected chi connectivity index (χ0v) is 10.5. The third kappa shape index (κ3) is 2.88. The molecule has 0 saturated carbocycles. The van der Waals surface area contributed by atoms with E-state index in [4.69, 9.17) is 4.42 Å². The van der Waals surface area contributed by atoms with E-state index < -0.39 is 17.0 Å². The Morgan fingerprint density at radius 2 is 2.05 bits per heavy atom. The van der Waals surface area contributed by atoms with Crippen LogP contribution in [0.2, 0.25) is 0 Å². The molecule has 0 amide bonds. The van der Waals surface area contributed by atoms with Crippen LogP contribution < -0.4 is 10.7 Å². The highest BCUT2D eigenvalue weighted by atomic mass is 19.1. The molecule has 1 heterocycles.